The molecule has 0 aliphatic rings. The first-order chi connectivity index (χ1) is 27.2. The normalized spacial score (nSPS) is 11.3. The Hall–Kier alpha value is -7.50. The minimum Gasteiger partial charge on any atom is -0.311 e. The summed E-state index contributed by atoms with van der Waals surface area (Å²) in [6.07, 6.45) is 5.72. The van der Waals surface area contributed by atoms with E-state index in [1.165, 1.54) is 10.8 Å². The van der Waals surface area contributed by atoms with E-state index < -0.39 is 0 Å². The number of anilines is 3. The molecule has 0 saturated heterocycles. The Kier molecular flexibility index (Phi) is 8.08. The van der Waals surface area contributed by atoms with Crippen molar-refractivity contribution in [2.45, 2.75) is 0 Å². The number of pyridine rings is 4. The Morgan fingerprint density at radius 3 is 1.35 bits per heavy atom. The van der Waals surface area contributed by atoms with Crippen molar-refractivity contribution in [3.8, 4) is 44.9 Å². The largest absolute Gasteiger partial charge is 0.311 e. The van der Waals surface area contributed by atoms with E-state index in [4.69, 9.17) is 19.9 Å². The van der Waals surface area contributed by atoms with Crippen LogP contribution in [0.25, 0.3) is 77.5 Å². The van der Waals surface area contributed by atoms with Gasteiger partial charge in [-0.3, -0.25) is 15.0 Å². The van der Waals surface area contributed by atoms with Gasteiger partial charge in [0, 0.05) is 68.7 Å². The first kappa shape index (κ1) is 32.2. The van der Waals surface area contributed by atoms with Crippen LogP contribution >= 0.6 is 0 Å². The third kappa shape index (κ3) is 6.24. The predicted molar refractivity (Wildman–Crippen MR) is 227 cm³/mol. The molecule has 0 N–H and O–H groups in total. The minimum absolute atomic E-state index is 0.867. The van der Waals surface area contributed by atoms with Gasteiger partial charge in [0.2, 0.25) is 0 Å². The summed E-state index contributed by atoms with van der Waals surface area (Å²) in [6, 6.07) is 63.4. The molecular formula is C50H33N5. The maximum Gasteiger partial charge on any atom is 0.0965 e. The van der Waals surface area contributed by atoms with Gasteiger partial charge in [0.25, 0.3) is 0 Å². The van der Waals surface area contributed by atoms with E-state index in [0.717, 1.165) is 83.8 Å². The summed E-state index contributed by atoms with van der Waals surface area (Å²) in [4.78, 5) is 21.6. The van der Waals surface area contributed by atoms with Crippen LogP contribution in [0.3, 0.4) is 0 Å². The van der Waals surface area contributed by atoms with Crippen molar-refractivity contribution in [2.24, 2.45) is 0 Å². The van der Waals surface area contributed by atoms with Crippen LogP contribution in [0, 0.1) is 0 Å². The average Bonchev–Trinajstić information content (AvgIpc) is 3.27. The Balaban J connectivity index is 1.03. The number of nitrogens with zero attached hydrogens (tertiary/aromatic N) is 5. The molecule has 0 unspecified atom stereocenters. The molecule has 4 aromatic heterocycles. The molecule has 0 saturated carbocycles. The van der Waals surface area contributed by atoms with Gasteiger partial charge in [-0.2, -0.15) is 0 Å². The minimum atomic E-state index is 0.867. The topological polar surface area (TPSA) is 54.8 Å². The molecule has 5 heteroatoms. The molecule has 0 spiro atoms. The van der Waals surface area contributed by atoms with Crippen molar-refractivity contribution in [1.82, 2.24) is 19.9 Å². The Bertz CT molecular complexity index is 2840. The number of hydrogen-bond donors (Lipinski definition) is 0. The Morgan fingerprint density at radius 1 is 0.345 bits per heavy atom. The van der Waals surface area contributed by atoms with Crippen LogP contribution in [0.2, 0.25) is 0 Å². The van der Waals surface area contributed by atoms with E-state index in [1.54, 1.807) is 0 Å². The van der Waals surface area contributed by atoms with Crippen molar-refractivity contribution >= 4 is 49.6 Å². The molecule has 10 aromatic rings. The highest BCUT2D eigenvalue weighted by Crippen LogP contribution is 2.38. The zero-order valence-corrected chi connectivity index (χ0v) is 29.8. The molecule has 5 nitrogen and oxygen atoms in total. The van der Waals surface area contributed by atoms with Crippen molar-refractivity contribution in [3.05, 3.63) is 201 Å². The number of aromatic nitrogens is 4. The molecule has 0 fully saturated rings. The van der Waals surface area contributed by atoms with Gasteiger partial charge in [0.1, 0.15) is 0 Å². The molecule has 258 valence electrons. The number of fused-ring (bicyclic) bond motifs is 3. The summed E-state index contributed by atoms with van der Waals surface area (Å²) < 4.78 is 0. The molecule has 6 aromatic carbocycles. The first-order valence-electron chi connectivity index (χ1n) is 18.4. The van der Waals surface area contributed by atoms with Gasteiger partial charge in [-0.1, -0.05) is 115 Å². The fourth-order valence-electron chi connectivity index (χ4n) is 7.32. The SMILES string of the molecule is c1ccc(-c2cc(-c3ccc(N(c4ccc(-c5cc6ccccc6cn5)cc4)c4ccc(-c5cc6ccccc6cn5)cc4)cc3)nc3cccnc23)cc1. The summed E-state index contributed by atoms with van der Waals surface area (Å²) in [5.74, 6) is 0. The van der Waals surface area contributed by atoms with Gasteiger partial charge in [0.05, 0.1) is 28.1 Å². The molecule has 0 aliphatic carbocycles. The lowest BCUT2D eigenvalue weighted by Gasteiger charge is -2.26. The molecule has 0 amide bonds. The molecule has 0 atom stereocenters. The van der Waals surface area contributed by atoms with Crippen molar-refractivity contribution in [3.63, 3.8) is 0 Å². The lowest BCUT2D eigenvalue weighted by molar-refractivity contribution is 1.27. The number of rotatable bonds is 7. The van der Waals surface area contributed by atoms with Gasteiger partial charge in [0.15, 0.2) is 0 Å². The molecule has 0 aliphatic heterocycles. The van der Waals surface area contributed by atoms with Gasteiger partial charge < -0.3 is 4.90 Å². The number of hydrogen-bond acceptors (Lipinski definition) is 5. The quantitative estimate of drug-likeness (QED) is 0.165. The molecule has 4 heterocycles. The van der Waals surface area contributed by atoms with Gasteiger partial charge >= 0.3 is 0 Å². The van der Waals surface area contributed by atoms with E-state index in [9.17, 15) is 0 Å². The molecule has 0 bridgehead atoms. The second kappa shape index (κ2) is 13.8. The molecule has 0 radical (unpaired) electrons. The van der Waals surface area contributed by atoms with Gasteiger partial charge in [-0.25, -0.2) is 4.98 Å². The van der Waals surface area contributed by atoms with E-state index >= 15 is 0 Å². The Morgan fingerprint density at radius 2 is 0.818 bits per heavy atom. The lowest BCUT2D eigenvalue weighted by atomic mass is 10.0. The molecule has 10 rings (SSSR count). The monoisotopic (exact) mass is 703 g/mol. The van der Waals surface area contributed by atoms with Crippen LogP contribution in [0.1, 0.15) is 0 Å². The van der Waals surface area contributed by atoms with E-state index in [1.807, 2.05) is 48.9 Å². The van der Waals surface area contributed by atoms with Crippen molar-refractivity contribution in [2.75, 3.05) is 4.90 Å². The lowest BCUT2D eigenvalue weighted by Crippen LogP contribution is -2.10. The second-order valence-corrected chi connectivity index (χ2v) is 13.6. The molecular weight excluding hydrogens is 671 g/mol. The van der Waals surface area contributed by atoms with Crippen LogP contribution < -0.4 is 4.90 Å². The van der Waals surface area contributed by atoms with E-state index in [-0.39, 0.29) is 0 Å². The van der Waals surface area contributed by atoms with Crippen LogP contribution in [0.15, 0.2) is 201 Å². The summed E-state index contributed by atoms with van der Waals surface area (Å²) in [5, 5.41) is 4.61. The second-order valence-electron chi connectivity index (χ2n) is 13.6. The fourth-order valence-corrected chi connectivity index (χ4v) is 7.32. The first-order valence-corrected chi connectivity index (χ1v) is 18.4. The highest BCUT2D eigenvalue weighted by molar-refractivity contribution is 5.94. The van der Waals surface area contributed by atoms with Gasteiger partial charge in [-0.15, -0.1) is 0 Å². The standard InChI is InChI=1S/C50H33N5/c1-2-9-34(10-3-1)45-31-49(54-46-15-8-28-51-50(45)46)37-20-26-44(27-21-37)55(42-22-16-35(17-23-42)47-29-38-11-4-6-13-40(38)32-52-47)43-24-18-36(19-25-43)48-30-39-12-5-7-14-41(39)33-53-48/h1-33H. The van der Waals surface area contributed by atoms with Crippen LogP contribution in [-0.4, -0.2) is 19.9 Å². The zero-order chi connectivity index (χ0) is 36.6. The van der Waals surface area contributed by atoms with Crippen molar-refractivity contribution in [1.29, 1.82) is 0 Å². The third-order valence-electron chi connectivity index (χ3n) is 10.2. The van der Waals surface area contributed by atoms with Crippen LogP contribution in [-0.2, 0) is 0 Å². The van der Waals surface area contributed by atoms with Crippen molar-refractivity contribution < 1.29 is 0 Å². The van der Waals surface area contributed by atoms with Gasteiger partial charge in [-0.05, 0) is 83.1 Å². The van der Waals surface area contributed by atoms with Crippen LogP contribution in [0.5, 0.6) is 0 Å². The highest BCUT2D eigenvalue weighted by atomic mass is 15.1. The maximum atomic E-state index is 5.05. The fraction of sp³-hybridized carbons (Fsp3) is 0. The third-order valence-corrected chi connectivity index (χ3v) is 10.2. The molecule has 55 heavy (non-hydrogen) atoms. The number of benzene rings is 6. The van der Waals surface area contributed by atoms with E-state index in [2.05, 4.69) is 157 Å². The zero-order valence-electron chi connectivity index (χ0n) is 29.8. The summed E-state index contributed by atoms with van der Waals surface area (Å²) in [7, 11) is 0. The average molecular weight is 704 g/mol. The van der Waals surface area contributed by atoms with E-state index in [0.29, 0.717) is 0 Å². The highest BCUT2D eigenvalue weighted by Gasteiger charge is 2.16. The summed E-state index contributed by atoms with van der Waals surface area (Å²) >= 11 is 0. The predicted octanol–water partition coefficient (Wildman–Crippen LogP) is 12.9. The maximum absolute atomic E-state index is 5.05. The Labute approximate surface area is 318 Å². The smallest absolute Gasteiger partial charge is 0.0965 e. The van der Waals surface area contributed by atoms with Crippen LogP contribution in [0.4, 0.5) is 17.1 Å². The summed E-state index contributed by atoms with van der Waals surface area (Å²) in [6.45, 7) is 0. The summed E-state index contributed by atoms with van der Waals surface area (Å²) in [5.41, 5.74) is 13.0.